The topological polar surface area (TPSA) is 98.3 Å². The lowest BCUT2D eigenvalue weighted by Crippen LogP contribution is -2.03. The average Bonchev–Trinajstić information content (AvgIpc) is 2.98. The Morgan fingerprint density at radius 1 is 1.45 bits per heavy atom. The summed E-state index contributed by atoms with van der Waals surface area (Å²) in [6, 6.07) is 4.66. The molecule has 0 aliphatic heterocycles. The maximum atomic E-state index is 11.2. The van der Waals surface area contributed by atoms with E-state index < -0.39 is 10.9 Å². The largest absolute Gasteiger partial charge is 0.477 e. The van der Waals surface area contributed by atoms with Gasteiger partial charge in [-0.1, -0.05) is 0 Å². The van der Waals surface area contributed by atoms with Crippen LogP contribution in [0.4, 0.5) is 5.69 Å². The molecule has 0 fully saturated rings. The number of pyridine rings is 1. The van der Waals surface area contributed by atoms with Crippen molar-refractivity contribution in [2.45, 2.75) is 0 Å². The molecule has 0 saturated carbocycles. The fraction of sp³-hybridized carbons (Fsp3) is 0.0769. The highest BCUT2D eigenvalue weighted by Gasteiger charge is 2.21. The molecule has 22 heavy (non-hydrogen) atoms. The molecule has 3 heterocycles. The van der Waals surface area contributed by atoms with E-state index in [4.69, 9.17) is 5.11 Å². The highest BCUT2D eigenvalue weighted by molar-refractivity contribution is 9.10. The quantitative estimate of drug-likeness (QED) is 0.551. The van der Waals surface area contributed by atoms with Crippen LogP contribution in [0.25, 0.3) is 20.8 Å². The van der Waals surface area contributed by atoms with E-state index >= 15 is 0 Å². The lowest BCUT2D eigenvalue weighted by molar-refractivity contribution is -0.384. The molecule has 0 unspecified atom stereocenters. The number of fused-ring (bicyclic) bond motifs is 1. The van der Waals surface area contributed by atoms with Crippen LogP contribution in [-0.2, 0) is 7.05 Å². The Morgan fingerprint density at radius 2 is 2.18 bits per heavy atom. The van der Waals surface area contributed by atoms with E-state index in [-0.39, 0.29) is 17.1 Å². The number of aromatic nitrogens is 2. The summed E-state index contributed by atoms with van der Waals surface area (Å²) in [4.78, 5) is 27.3. The van der Waals surface area contributed by atoms with Gasteiger partial charge in [-0.3, -0.25) is 10.1 Å². The number of hydrogen-bond donors (Lipinski definition) is 1. The number of rotatable bonds is 3. The number of halogens is 1. The number of aromatic carboxylic acids is 1. The summed E-state index contributed by atoms with van der Waals surface area (Å²) in [6.07, 6.45) is 1.50. The standard InChI is InChI=1S/C13H8BrN3O4S/c1-16-9(13(18)19)2-6-3-10(22-12(6)16)11-8(17(20)21)4-7(14)5-15-11/h2-5H,1H3,(H,18,19). The number of carbonyl (C=O) groups is 1. The molecule has 0 radical (unpaired) electrons. The Bertz CT molecular complexity index is 931. The monoisotopic (exact) mass is 381 g/mol. The van der Waals surface area contributed by atoms with Gasteiger partial charge < -0.3 is 9.67 Å². The van der Waals surface area contributed by atoms with E-state index in [1.165, 1.54) is 23.6 Å². The third-order valence-electron chi connectivity index (χ3n) is 3.18. The number of thiophene rings is 1. The molecule has 0 atom stereocenters. The Kier molecular flexibility index (Phi) is 3.45. The predicted molar refractivity (Wildman–Crippen MR) is 85.3 cm³/mol. The van der Waals surface area contributed by atoms with Gasteiger partial charge in [0.05, 0.1) is 9.80 Å². The lowest BCUT2D eigenvalue weighted by atomic mass is 10.2. The molecule has 7 nitrogen and oxygen atoms in total. The molecule has 0 aromatic carbocycles. The Hall–Kier alpha value is -2.26. The third-order valence-corrected chi connectivity index (χ3v) is 4.85. The molecule has 0 bridgehead atoms. The zero-order valence-electron chi connectivity index (χ0n) is 11.1. The van der Waals surface area contributed by atoms with E-state index in [1.54, 1.807) is 23.7 Å². The second kappa shape index (κ2) is 5.18. The Morgan fingerprint density at radius 3 is 2.77 bits per heavy atom. The van der Waals surface area contributed by atoms with Crippen LogP contribution in [0.15, 0.2) is 28.9 Å². The number of aryl methyl sites for hydroxylation is 1. The van der Waals surface area contributed by atoms with E-state index in [9.17, 15) is 14.9 Å². The van der Waals surface area contributed by atoms with Gasteiger partial charge >= 0.3 is 5.97 Å². The minimum absolute atomic E-state index is 0.0978. The SMILES string of the molecule is Cn1c(C(=O)O)cc2cc(-c3ncc(Br)cc3[N+](=O)[O-])sc21. The first-order chi connectivity index (χ1) is 10.4. The summed E-state index contributed by atoms with van der Waals surface area (Å²) in [5.74, 6) is -1.01. The van der Waals surface area contributed by atoms with Crippen LogP contribution in [-0.4, -0.2) is 25.6 Å². The van der Waals surface area contributed by atoms with Gasteiger partial charge in [0.2, 0.25) is 0 Å². The number of hydrogen-bond acceptors (Lipinski definition) is 5. The maximum absolute atomic E-state index is 11.2. The van der Waals surface area contributed by atoms with E-state index in [0.29, 0.717) is 9.35 Å². The van der Waals surface area contributed by atoms with Crippen molar-refractivity contribution in [1.29, 1.82) is 0 Å². The van der Waals surface area contributed by atoms with Crippen molar-refractivity contribution in [3.63, 3.8) is 0 Å². The maximum Gasteiger partial charge on any atom is 0.352 e. The molecule has 1 N–H and O–H groups in total. The molecule has 9 heteroatoms. The lowest BCUT2D eigenvalue weighted by Gasteiger charge is -2.00. The summed E-state index contributed by atoms with van der Waals surface area (Å²) in [6.45, 7) is 0. The molecule has 3 aromatic heterocycles. The van der Waals surface area contributed by atoms with E-state index in [0.717, 1.165) is 10.2 Å². The molecule has 0 spiro atoms. The molecule has 3 rings (SSSR count). The second-order valence-corrected chi connectivity index (χ2v) is 6.49. The van der Waals surface area contributed by atoms with Gasteiger partial charge in [0.25, 0.3) is 5.69 Å². The van der Waals surface area contributed by atoms with Crippen molar-refractivity contribution in [3.05, 3.63) is 44.7 Å². The van der Waals surface area contributed by atoms with Crippen molar-refractivity contribution >= 4 is 49.1 Å². The minimum atomic E-state index is -1.01. The van der Waals surface area contributed by atoms with Crippen LogP contribution < -0.4 is 0 Å². The number of nitro groups is 1. The average molecular weight is 382 g/mol. The first-order valence-corrected chi connectivity index (χ1v) is 7.62. The molecule has 0 aliphatic rings. The second-order valence-electron chi connectivity index (χ2n) is 4.54. The number of nitrogens with zero attached hydrogens (tertiary/aromatic N) is 3. The number of carboxylic acids is 1. The normalized spacial score (nSPS) is 11.0. The van der Waals surface area contributed by atoms with Crippen LogP contribution >= 0.6 is 27.3 Å². The highest BCUT2D eigenvalue weighted by Crippen LogP contribution is 2.38. The van der Waals surface area contributed by atoms with Gasteiger partial charge in [-0.15, -0.1) is 11.3 Å². The van der Waals surface area contributed by atoms with Gasteiger partial charge in [-0.05, 0) is 28.1 Å². The molecule has 112 valence electrons. The Balaban J connectivity index is 2.20. The zero-order chi connectivity index (χ0) is 16.0. The molecule has 3 aromatic rings. The van der Waals surface area contributed by atoms with Gasteiger partial charge in [0.1, 0.15) is 10.5 Å². The van der Waals surface area contributed by atoms with Crippen molar-refractivity contribution in [1.82, 2.24) is 9.55 Å². The summed E-state index contributed by atoms with van der Waals surface area (Å²) in [7, 11) is 1.65. The van der Waals surface area contributed by atoms with Crippen molar-refractivity contribution in [2.75, 3.05) is 0 Å². The fourth-order valence-electron chi connectivity index (χ4n) is 2.19. The summed E-state index contributed by atoms with van der Waals surface area (Å²) in [5, 5.41) is 21.0. The highest BCUT2D eigenvalue weighted by atomic mass is 79.9. The molecule has 0 amide bonds. The predicted octanol–water partition coefficient (Wildman–Crippen LogP) is 3.67. The van der Waals surface area contributed by atoms with Crippen LogP contribution in [0.1, 0.15) is 10.5 Å². The van der Waals surface area contributed by atoms with Crippen LogP contribution in [0, 0.1) is 10.1 Å². The Labute approximate surface area is 136 Å². The van der Waals surface area contributed by atoms with Crippen LogP contribution in [0.3, 0.4) is 0 Å². The summed E-state index contributed by atoms with van der Waals surface area (Å²) < 4.78 is 2.08. The molecule has 0 aliphatic carbocycles. The van der Waals surface area contributed by atoms with Crippen molar-refractivity contribution < 1.29 is 14.8 Å². The van der Waals surface area contributed by atoms with Gasteiger partial charge in [-0.25, -0.2) is 9.78 Å². The van der Waals surface area contributed by atoms with E-state index in [1.807, 2.05) is 0 Å². The minimum Gasteiger partial charge on any atom is -0.477 e. The molecule has 0 saturated heterocycles. The van der Waals surface area contributed by atoms with Crippen LogP contribution in [0.5, 0.6) is 0 Å². The van der Waals surface area contributed by atoms with Gasteiger partial charge in [0, 0.05) is 29.2 Å². The first-order valence-electron chi connectivity index (χ1n) is 6.01. The van der Waals surface area contributed by atoms with Crippen molar-refractivity contribution in [3.8, 4) is 10.6 Å². The number of carboxylic acid groups (broad SMARTS) is 1. The third kappa shape index (κ3) is 2.28. The smallest absolute Gasteiger partial charge is 0.352 e. The van der Waals surface area contributed by atoms with Crippen molar-refractivity contribution in [2.24, 2.45) is 7.05 Å². The summed E-state index contributed by atoms with van der Waals surface area (Å²) in [5.41, 5.74) is 0.344. The fourth-order valence-corrected chi connectivity index (χ4v) is 3.63. The van der Waals surface area contributed by atoms with Gasteiger partial charge in [0.15, 0.2) is 5.69 Å². The van der Waals surface area contributed by atoms with Crippen LogP contribution in [0.2, 0.25) is 0 Å². The van der Waals surface area contributed by atoms with E-state index in [2.05, 4.69) is 20.9 Å². The zero-order valence-corrected chi connectivity index (χ0v) is 13.5. The summed E-state index contributed by atoms with van der Waals surface area (Å²) >= 11 is 4.44. The first kappa shape index (κ1) is 14.7. The van der Waals surface area contributed by atoms with Gasteiger partial charge in [-0.2, -0.15) is 0 Å². The molecular weight excluding hydrogens is 374 g/mol. The molecular formula is C13H8BrN3O4S.